The lowest BCUT2D eigenvalue weighted by atomic mass is 9.98. The molecule has 0 radical (unpaired) electrons. The van der Waals surface area contributed by atoms with Crippen molar-refractivity contribution < 1.29 is 37.0 Å². The summed E-state index contributed by atoms with van der Waals surface area (Å²) in [4.78, 5) is 37.3. The number of nitrogens with one attached hydrogen (secondary N) is 2. The summed E-state index contributed by atoms with van der Waals surface area (Å²) in [5.74, 6) is -0.716. The Labute approximate surface area is 262 Å². The molecule has 0 aliphatic heterocycles. The molecule has 1 aromatic heterocycles. The van der Waals surface area contributed by atoms with Crippen LogP contribution in [0.1, 0.15) is 31.8 Å². The SMILES string of the molecule is COC(=O)c1ccc(-c2ccc(CNC(=O)Oc3cc(NC(=O)c4ccccc4-c4ccc(C(F)(F)F)cc4)cn3C)cc2)cc1. The van der Waals surface area contributed by atoms with Crippen LogP contribution >= 0.6 is 0 Å². The normalized spacial score (nSPS) is 11.1. The Morgan fingerprint density at radius 1 is 0.804 bits per heavy atom. The fourth-order valence-electron chi connectivity index (χ4n) is 4.72. The Bertz CT molecular complexity index is 1860. The van der Waals surface area contributed by atoms with Crippen LogP contribution in [0, 0.1) is 0 Å². The van der Waals surface area contributed by atoms with Crippen molar-refractivity contribution in [2.24, 2.45) is 7.05 Å². The maximum atomic E-state index is 13.2. The van der Waals surface area contributed by atoms with E-state index in [-0.39, 0.29) is 18.0 Å². The molecule has 0 bridgehead atoms. The van der Waals surface area contributed by atoms with Gasteiger partial charge in [-0.3, -0.25) is 4.79 Å². The smallest absolute Gasteiger partial charge is 0.416 e. The molecule has 5 rings (SSSR count). The van der Waals surface area contributed by atoms with Crippen LogP contribution in [0.15, 0.2) is 109 Å². The van der Waals surface area contributed by atoms with Gasteiger partial charge in [0, 0.05) is 31.4 Å². The first-order valence-corrected chi connectivity index (χ1v) is 14.0. The first kappa shape index (κ1) is 31.6. The zero-order valence-electron chi connectivity index (χ0n) is 24.7. The molecule has 0 unspecified atom stereocenters. The maximum Gasteiger partial charge on any atom is 0.416 e. The van der Waals surface area contributed by atoms with Gasteiger partial charge in [0.15, 0.2) is 0 Å². The van der Waals surface area contributed by atoms with Crippen LogP contribution in [0.2, 0.25) is 0 Å². The van der Waals surface area contributed by atoms with Crippen LogP contribution < -0.4 is 15.4 Å². The highest BCUT2D eigenvalue weighted by molar-refractivity contribution is 6.08. The highest BCUT2D eigenvalue weighted by Gasteiger charge is 2.30. The average molecular weight is 628 g/mol. The van der Waals surface area contributed by atoms with Crippen LogP contribution in [-0.4, -0.2) is 29.6 Å². The number of esters is 1. The molecule has 2 N–H and O–H groups in total. The lowest BCUT2D eigenvalue weighted by molar-refractivity contribution is -0.137. The third-order valence-corrected chi connectivity index (χ3v) is 7.14. The van der Waals surface area contributed by atoms with E-state index in [4.69, 9.17) is 9.47 Å². The van der Waals surface area contributed by atoms with E-state index >= 15 is 0 Å². The predicted octanol–water partition coefficient (Wildman–Crippen LogP) is 7.71. The minimum atomic E-state index is -4.46. The van der Waals surface area contributed by atoms with Gasteiger partial charge in [0.25, 0.3) is 5.91 Å². The molecule has 1 heterocycles. The van der Waals surface area contributed by atoms with Crippen molar-refractivity contribution in [3.05, 3.63) is 132 Å². The van der Waals surface area contributed by atoms with Gasteiger partial charge in [0.2, 0.25) is 5.88 Å². The fraction of sp³-hybridized carbons (Fsp3) is 0.114. The predicted molar refractivity (Wildman–Crippen MR) is 166 cm³/mol. The summed E-state index contributed by atoms with van der Waals surface area (Å²) in [7, 11) is 2.97. The van der Waals surface area contributed by atoms with Crippen molar-refractivity contribution in [1.29, 1.82) is 0 Å². The summed E-state index contributed by atoms with van der Waals surface area (Å²) in [6.45, 7) is 0.204. The zero-order chi connectivity index (χ0) is 32.8. The van der Waals surface area contributed by atoms with E-state index in [2.05, 4.69) is 10.6 Å². The number of hydrogen-bond donors (Lipinski definition) is 2. The minimum absolute atomic E-state index is 0.176. The minimum Gasteiger partial charge on any atom is -0.465 e. The van der Waals surface area contributed by atoms with E-state index in [9.17, 15) is 27.6 Å². The molecule has 234 valence electrons. The quantitative estimate of drug-likeness (QED) is 0.172. The Morgan fingerprint density at radius 3 is 2.04 bits per heavy atom. The van der Waals surface area contributed by atoms with Crippen LogP contribution in [0.25, 0.3) is 22.3 Å². The molecule has 4 aromatic carbocycles. The number of rotatable bonds is 8. The number of alkyl halides is 3. The van der Waals surface area contributed by atoms with Crippen LogP contribution in [-0.2, 0) is 24.5 Å². The Hall–Kier alpha value is -5.84. The van der Waals surface area contributed by atoms with Gasteiger partial charge in [-0.2, -0.15) is 13.2 Å². The standard InChI is InChI=1S/C35H28F3N3O5/c1-41-21-28(40-32(42)30-6-4-3-5-29(30)25-15-17-27(18-16-25)35(36,37)38)19-31(41)46-34(44)39-20-22-7-9-23(10-8-22)24-11-13-26(14-12-24)33(43)45-2/h3-19,21H,20H2,1-2H3,(H,39,44)(H,40,42). The van der Waals surface area contributed by atoms with Gasteiger partial charge >= 0.3 is 18.2 Å². The van der Waals surface area contributed by atoms with Crippen molar-refractivity contribution in [2.45, 2.75) is 12.7 Å². The second kappa shape index (κ2) is 13.4. The summed E-state index contributed by atoms with van der Waals surface area (Å²) in [5.41, 5.74) is 3.89. The lowest BCUT2D eigenvalue weighted by Crippen LogP contribution is -2.26. The van der Waals surface area contributed by atoms with E-state index in [1.54, 1.807) is 49.6 Å². The molecule has 0 saturated carbocycles. The largest absolute Gasteiger partial charge is 0.465 e. The maximum absolute atomic E-state index is 13.2. The van der Waals surface area contributed by atoms with E-state index in [0.717, 1.165) is 28.8 Å². The van der Waals surface area contributed by atoms with E-state index in [0.29, 0.717) is 22.4 Å². The number of hydrogen-bond acceptors (Lipinski definition) is 5. The first-order chi connectivity index (χ1) is 22.0. The van der Waals surface area contributed by atoms with Gasteiger partial charge < -0.3 is 24.7 Å². The van der Waals surface area contributed by atoms with Crippen molar-refractivity contribution in [3.63, 3.8) is 0 Å². The molecule has 0 aliphatic rings. The second-order valence-electron chi connectivity index (χ2n) is 10.3. The number of ether oxygens (including phenoxy) is 2. The fourth-order valence-corrected chi connectivity index (χ4v) is 4.72. The van der Waals surface area contributed by atoms with E-state index < -0.39 is 29.7 Å². The number of nitrogens with zero attached hydrogens (tertiary/aromatic N) is 1. The molecule has 11 heteroatoms. The number of halogens is 3. The van der Waals surface area contributed by atoms with Crippen molar-refractivity contribution in [2.75, 3.05) is 12.4 Å². The van der Waals surface area contributed by atoms with Crippen LogP contribution in [0.5, 0.6) is 5.88 Å². The number of carbonyl (C=O) groups is 3. The molecule has 46 heavy (non-hydrogen) atoms. The van der Waals surface area contributed by atoms with Gasteiger partial charge in [-0.1, -0.05) is 66.7 Å². The third-order valence-electron chi connectivity index (χ3n) is 7.14. The molecular weight excluding hydrogens is 599 g/mol. The Kier molecular flexibility index (Phi) is 9.22. The Balaban J connectivity index is 1.18. The molecule has 8 nitrogen and oxygen atoms in total. The van der Waals surface area contributed by atoms with Crippen LogP contribution in [0.4, 0.5) is 23.7 Å². The molecule has 0 aliphatic carbocycles. The number of aromatic nitrogens is 1. The van der Waals surface area contributed by atoms with Crippen molar-refractivity contribution >= 4 is 23.7 Å². The summed E-state index contributed by atoms with van der Waals surface area (Å²) < 4.78 is 50.7. The van der Waals surface area contributed by atoms with Crippen LogP contribution in [0.3, 0.4) is 0 Å². The lowest BCUT2D eigenvalue weighted by Gasteiger charge is -2.11. The number of amides is 2. The van der Waals surface area contributed by atoms with E-state index in [1.165, 1.54) is 29.9 Å². The molecule has 5 aromatic rings. The van der Waals surface area contributed by atoms with Gasteiger partial charge in [-0.15, -0.1) is 0 Å². The summed E-state index contributed by atoms with van der Waals surface area (Å²) >= 11 is 0. The summed E-state index contributed by atoms with van der Waals surface area (Å²) in [5, 5.41) is 5.44. The summed E-state index contributed by atoms with van der Waals surface area (Å²) in [6, 6.07) is 27.2. The Morgan fingerprint density at radius 2 is 1.41 bits per heavy atom. The molecule has 2 amide bonds. The van der Waals surface area contributed by atoms with Gasteiger partial charge in [0.1, 0.15) is 0 Å². The van der Waals surface area contributed by atoms with E-state index in [1.807, 2.05) is 36.4 Å². The highest BCUT2D eigenvalue weighted by Crippen LogP contribution is 2.32. The highest BCUT2D eigenvalue weighted by atomic mass is 19.4. The molecule has 0 spiro atoms. The molecule has 0 atom stereocenters. The average Bonchev–Trinajstić information content (AvgIpc) is 3.40. The van der Waals surface area contributed by atoms with Crippen molar-refractivity contribution in [1.82, 2.24) is 9.88 Å². The summed E-state index contributed by atoms with van der Waals surface area (Å²) in [6.07, 6.45) is -3.60. The van der Waals surface area contributed by atoms with Gasteiger partial charge in [-0.05, 0) is 58.1 Å². The molecular formula is C35H28F3N3O5. The number of benzene rings is 4. The number of carbonyl (C=O) groups excluding carboxylic acids is 3. The number of anilines is 1. The number of methoxy groups -OCH3 is 1. The zero-order valence-corrected chi connectivity index (χ0v) is 24.7. The third kappa shape index (κ3) is 7.44. The molecule has 0 fully saturated rings. The molecule has 0 saturated heterocycles. The monoisotopic (exact) mass is 627 g/mol. The first-order valence-electron chi connectivity index (χ1n) is 14.0. The van der Waals surface area contributed by atoms with Gasteiger partial charge in [-0.25, -0.2) is 9.59 Å². The van der Waals surface area contributed by atoms with Crippen molar-refractivity contribution in [3.8, 4) is 28.1 Å². The second-order valence-corrected chi connectivity index (χ2v) is 10.3. The number of aryl methyl sites for hydroxylation is 1. The topological polar surface area (TPSA) is 98.7 Å². The van der Waals surface area contributed by atoms with Gasteiger partial charge in [0.05, 0.1) is 23.9 Å².